The Kier molecular flexibility index (Phi) is 7.92. The molecule has 0 saturated carbocycles. The fourth-order valence-corrected chi connectivity index (χ4v) is 6.42. The van der Waals surface area contributed by atoms with Gasteiger partial charge in [0.25, 0.3) is 5.91 Å². The molecule has 0 unspecified atom stereocenters. The van der Waals surface area contributed by atoms with Crippen LogP contribution in [-0.4, -0.2) is 56.4 Å². The molecule has 40 heavy (non-hydrogen) atoms. The fraction of sp³-hybridized carbons (Fsp3) is 0.448. The summed E-state index contributed by atoms with van der Waals surface area (Å²) in [6.45, 7) is 7.60. The standard InChI is InChI=1S/C29H38N4O6S/c1-29(2,3)20-15-19(27(30)34)26(39-5)23(32-40(6,37)38)22(20)21-18-9-7-8-17(14-16-10-12-31-13-11-16)24(18)33(4)25(21)28(35)36/h7-9,15-16,31-32H,10-14H2,1-6H3,(H2,30,34)(H,35,36). The van der Waals surface area contributed by atoms with Gasteiger partial charge in [0.05, 0.1) is 30.1 Å². The van der Waals surface area contributed by atoms with Crippen molar-refractivity contribution in [3.05, 3.63) is 46.6 Å². The number of nitrogens with one attached hydrogen (secondary N) is 2. The van der Waals surface area contributed by atoms with E-state index in [1.54, 1.807) is 17.7 Å². The summed E-state index contributed by atoms with van der Waals surface area (Å²) in [4.78, 5) is 25.4. The number of carboxylic acids is 1. The van der Waals surface area contributed by atoms with E-state index in [2.05, 4.69) is 10.0 Å². The van der Waals surface area contributed by atoms with E-state index in [9.17, 15) is 23.1 Å². The molecule has 1 amide bonds. The number of carbonyl (C=O) groups excluding carboxylic acids is 1. The molecule has 1 aliphatic heterocycles. The SMILES string of the molecule is COc1c(C(N)=O)cc(C(C)(C)C)c(-c2c(C(=O)O)n(C)c3c(CC4CCNCC4)cccc23)c1NS(C)(=O)=O. The van der Waals surface area contributed by atoms with Gasteiger partial charge < -0.3 is 25.5 Å². The molecule has 2 aromatic carbocycles. The summed E-state index contributed by atoms with van der Waals surface area (Å²) >= 11 is 0. The lowest BCUT2D eigenvalue weighted by atomic mass is 9.79. The number of aromatic nitrogens is 1. The number of methoxy groups -OCH3 is 1. The highest BCUT2D eigenvalue weighted by atomic mass is 32.2. The van der Waals surface area contributed by atoms with Crippen LogP contribution in [0.15, 0.2) is 24.3 Å². The number of piperidine rings is 1. The predicted molar refractivity (Wildman–Crippen MR) is 157 cm³/mol. The minimum atomic E-state index is -3.89. The number of rotatable bonds is 8. The second-order valence-corrected chi connectivity index (χ2v) is 13.3. The van der Waals surface area contributed by atoms with Crippen molar-refractivity contribution in [3.63, 3.8) is 0 Å². The number of primary amides is 1. The molecule has 1 fully saturated rings. The maximum atomic E-state index is 12.9. The molecule has 4 rings (SSSR count). The number of fused-ring (bicyclic) bond motifs is 1. The third-order valence-electron chi connectivity index (χ3n) is 7.56. The van der Waals surface area contributed by atoms with Crippen molar-refractivity contribution < 1.29 is 27.9 Å². The van der Waals surface area contributed by atoms with Crippen molar-refractivity contribution in [1.82, 2.24) is 9.88 Å². The van der Waals surface area contributed by atoms with Crippen LogP contribution in [0.2, 0.25) is 0 Å². The highest BCUT2D eigenvalue weighted by Crippen LogP contribution is 2.49. The van der Waals surface area contributed by atoms with Gasteiger partial charge in [0.15, 0.2) is 5.75 Å². The Balaban J connectivity index is 2.19. The van der Waals surface area contributed by atoms with Crippen LogP contribution in [0.1, 0.15) is 65.6 Å². The lowest BCUT2D eigenvalue weighted by Gasteiger charge is -2.28. The highest BCUT2D eigenvalue weighted by molar-refractivity contribution is 7.92. The highest BCUT2D eigenvalue weighted by Gasteiger charge is 2.34. The van der Waals surface area contributed by atoms with Gasteiger partial charge in [-0.1, -0.05) is 39.0 Å². The van der Waals surface area contributed by atoms with Crippen molar-refractivity contribution in [2.24, 2.45) is 18.7 Å². The van der Waals surface area contributed by atoms with Gasteiger partial charge in [0.2, 0.25) is 10.0 Å². The topological polar surface area (TPSA) is 153 Å². The molecule has 0 spiro atoms. The van der Waals surface area contributed by atoms with Gasteiger partial charge in [-0.25, -0.2) is 13.2 Å². The van der Waals surface area contributed by atoms with Gasteiger partial charge in [-0.2, -0.15) is 0 Å². The van der Waals surface area contributed by atoms with E-state index in [-0.39, 0.29) is 22.7 Å². The summed E-state index contributed by atoms with van der Waals surface area (Å²) in [6, 6.07) is 7.36. The van der Waals surface area contributed by atoms with Gasteiger partial charge in [0.1, 0.15) is 5.69 Å². The molecule has 0 atom stereocenters. The normalized spacial score (nSPS) is 14.8. The summed E-state index contributed by atoms with van der Waals surface area (Å²) in [5.74, 6) is -1.57. The van der Waals surface area contributed by atoms with Crippen LogP contribution >= 0.6 is 0 Å². The summed E-state index contributed by atoms with van der Waals surface area (Å²) in [7, 11) is -0.862. The van der Waals surface area contributed by atoms with Gasteiger partial charge in [-0.15, -0.1) is 0 Å². The predicted octanol–water partition coefficient (Wildman–Crippen LogP) is 3.86. The number of ether oxygens (including phenoxy) is 1. The smallest absolute Gasteiger partial charge is 0.353 e. The van der Waals surface area contributed by atoms with Crippen molar-refractivity contribution >= 4 is 38.5 Å². The van der Waals surface area contributed by atoms with Crippen LogP contribution in [0.3, 0.4) is 0 Å². The Hall–Kier alpha value is -3.57. The molecule has 0 radical (unpaired) electrons. The van der Waals surface area contributed by atoms with Gasteiger partial charge in [0, 0.05) is 23.6 Å². The first-order chi connectivity index (χ1) is 18.7. The number of carboxylic acid groups (broad SMARTS) is 1. The van der Waals surface area contributed by atoms with Gasteiger partial charge in [-0.05, 0) is 60.9 Å². The Bertz CT molecular complexity index is 1600. The second-order valence-electron chi connectivity index (χ2n) is 11.5. The van der Waals surface area contributed by atoms with E-state index in [0.717, 1.165) is 49.7 Å². The Labute approximate surface area is 234 Å². The van der Waals surface area contributed by atoms with E-state index in [1.807, 2.05) is 39.0 Å². The molecule has 1 aliphatic rings. The molecule has 0 aliphatic carbocycles. The van der Waals surface area contributed by atoms with Gasteiger partial charge in [-0.3, -0.25) is 9.52 Å². The number of nitrogens with zero attached hydrogens (tertiary/aromatic N) is 1. The van der Waals surface area contributed by atoms with Crippen molar-refractivity contribution in [3.8, 4) is 16.9 Å². The van der Waals surface area contributed by atoms with E-state index < -0.39 is 27.3 Å². The molecule has 10 nitrogen and oxygen atoms in total. The molecule has 1 aromatic heterocycles. The van der Waals surface area contributed by atoms with E-state index in [1.165, 1.54) is 7.11 Å². The molecule has 3 aromatic rings. The minimum absolute atomic E-state index is 0.00342. The zero-order valence-electron chi connectivity index (χ0n) is 23.8. The number of nitrogens with two attached hydrogens (primary N) is 1. The van der Waals surface area contributed by atoms with Crippen LogP contribution < -0.4 is 20.5 Å². The number of hydrogen-bond donors (Lipinski definition) is 4. The summed E-state index contributed by atoms with van der Waals surface area (Å²) in [5.41, 5.74) is 8.06. The maximum Gasteiger partial charge on any atom is 0.353 e. The second kappa shape index (κ2) is 10.8. The van der Waals surface area contributed by atoms with Crippen LogP contribution in [0.4, 0.5) is 5.69 Å². The van der Waals surface area contributed by atoms with Gasteiger partial charge >= 0.3 is 5.97 Å². The molecular weight excluding hydrogens is 532 g/mol. The number of benzene rings is 2. The average Bonchev–Trinajstić information content (AvgIpc) is 3.15. The van der Waals surface area contributed by atoms with Crippen LogP contribution in [-0.2, 0) is 28.9 Å². The Morgan fingerprint density at radius 2 is 1.85 bits per heavy atom. The number of aromatic carboxylic acids is 1. The molecule has 11 heteroatoms. The lowest BCUT2D eigenvalue weighted by molar-refractivity contribution is 0.0687. The maximum absolute atomic E-state index is 12.9. The van der Waals surface area contributed by atoms with Crippen molar-refractivity contribution in [2.45, 2.75) is 45.4 Å². The largest absolute Gasteiger partial charge is 0.494 e. The Morgan fingerprint density at radius 1 is 1.20 bits per heavy atom. The number of aryl methyl sites for hydroxylation is 1. The van der Waals surface area contributed by atoms with E-state index in [4.69, 9.17) is 10.5 Å². The zero-order valence-corrected chi connectivity index (χ0v) is 24.7. The first-order valence-electron chi connectivity index (χ1n) is 13.2. The summed E-state index contributed by atoms with van der Waals surface area (Å²) in [5, 5.41) is 14.6. The third-order valence-corrected chi connectivity index (χ3v) is 8.14. The number of carbonyl (C=O) groups is 2. The third kappa shape index (κ3) is 5.53. The molecule has 5 N–H and O–H groups in total. The summed E-state index contributed by atoms with van der Waals surface area (Å²) in [6.07, 6.45) is 3.84. The molecule has 216 valence electrons. The number of hydrogen-bond acceptors (Lipinski definition) is 6. The van der Waals surface area contributed by atoms with Crippen molar-refractivity contribution in [1.29, 1.82) is 0 Å². The number of sulfonamides is 1. The van der Waals surface area contributed by atoms with Crippen LogP contribution in [0.25, 0.3) is 22.0 Å². The zero-order chi connectivity index (χ0) is 29.6. The first-order valence-corrected chi connectivity index (χ1v) is 15.1. The minimum Gasteiger partial charge on any atom is -0.494 e. The van der Waals surface area contributed by atoms with E-state index in [0.29, 0.717) is 28.0 Å². The Morgan fingerprint density at radius 3 is 2.38 bits per heavy atom. The number of anilines is 1. The molecule has 1 saturated heterocycles. The first kappa shape index (κ1) is 29.4. The summed E-state index contributed by atoms with van der Waals surface area (Å²) < 4.78 is 35.1. The monoisotopic (exact) mass is 570 g/mol. The van der Waals surface area contributed by atoms with E-state index >= 15 is 0 Å². The lowest BCUT2D eigenvalue weighted by Crippen LogP contribution is -2.28. The quantitative estimate of drug-likeness (QED) is 0.321. The molecular formula is C29H38N4O6S. The number of para-hydroxylation sites is 1. The van der Waals surface area contributed by atoms with Crippen LogP contribution in [0, 0.1) is 5.92 Å². The van der Waals surface area contributed by atoms with Crippen LogP contribution in [0.5, 0.6) is 5.75 Å². The fourth-order valence-electron chi connectivity index (χ4n) is 5.86. The molecule has 0 bridgehead atoms. The molecule has 2 heterocycles. The van der Waals surface area contributed by atoms with Crippen molar-refractivity contribution in [2.75, 3.05) is 31.2 Å². The number of amides is 1. The average molecular weight is 571 g/mol.